The molecular formula is C11H12ClN2O2P. The van der Waals surface area contributed by atoms with Gasteiger partial charge in [0.25, 0.3) is 13.4 Å². The Labute approximate surface area is 105 Å². The summed E-state index contributed by atoms with van der Waals surface area (Å²) >= 11 is 5.91. The number of rotatable bonds is 0. The average Bonchev–Trinajstić information content (AvgIpc) is 2.70. The number of halogens is 1. The highest BCUT2D eigenvalue weighted by Crippen LogP contribution is 2.62. The van der Waals surface area contributed by atoms with Gasteiger partial charge in [0.1, 0.15) is 0 Å². The van der Waals surface area contributed by atoms with E-state index in [2.05, 4.69) is 0 Å². The summed E-state index contributed by atoms with van der Waals surface area (Å²) in [4.78, 5) is 12.3. The van der Waals surface area contributed by atoms with Crippen molar-refractivity contribution in [3.05, 3.63) is 28.8 Å². The average molecular weight is 271 g/mol. The number of amides is 1. The lowest BCUT2D eigenvalue weighted by Gasteiger charge is -2.39. The molecule has 0 radical (unpaired) electrons. The van der Waals surface area contributed by atoms with E-state index < -0.39 is 7.44 Å². The van der Waals surface area contributed by atoms with Gasteiger partial charge in [-0.1, -0.05) is 11.6 Å². The Morgan fingerprint density at radius 3 is 2.94 bits per heavy atom. The predicted octanol–water partition coefficient (Wildman–Crippen LogP) is 2.83. The minimum absolute atomic E-state index is 0.151. The summed E-state index contributed by atoms with van der Waals surface area (Å²) < 4.78 is 16.1. The molecule has 1 amide bonds. The van der Waals surface area contributed by atoms with Crippen molar-refractivity contribution in [3.63, 3.8) is 0 Å². The predicted molar refractivity (Wildman–Crippen MR) is 68.0 cm³/mol. The molecule has 0 aromatic heterocycles. The number of anilines is 1. The van der Waals surface area contributed by atoms with Gasteiger partial charge in [0.2, 0.25) is 0 Å². The third kappa shape index (κ3) is 1.37. The van der Waals surface area contributed by atoms with Crippen molar-refractivity contribution in [2.75, 3.05) is 24.4 Å². The van der Waals surface area contributed by atoms with Crippen molar-refractivity contribution >= 4 is 30.6 Å². The van der Waals surface area contributed by atoms with E-state index in [0.29, 0.717) is 23.3 Å². The first-order chi connectivity index (χ1) is 8.04. The monoisotopic (exact) mass is 270 g/mol. The summed E-state index contributed by atoms with van der Waals surface area (Å²) in [6, 6.07) is 5.14. The van der Waals surface area contributed by atoms with E-state index in [4.69, 9.17) is 11.6 Å². The van der Waals surface area contributed by atoms with Gasteiger partial charge < -0.3 is 4.67 Å². The first-order valence-electron chi connectivity index (χ1n) is 5.49. The molecule has 1 fully saturated rings. The fraction of sp³-hybridized carbons (Fsp3) is 0.364. The second-order valence-corrected chi connectivity index (χ2v) is 7.65. The van der Waals surface area contributed by atoms with Gasteiger partial charge in [-0.05, 0) is 24.6 Å². The molecule has 3 rings (SSSR count). The molecule has 90 valence electrons. The molecule has 0 spiro atoms. The molecule has 2 aliphatic rings. The molecule has 0 saturated carbocycles. The van der Waals surface area contributed by atoms with Gasteiger partial charge in [0.05, 0.1) is 11.3 Å². The van der Waals surface area contributed by atoms with Gasteiger partial charge in [-0.2, -0.15) is 0 Å². The van der Waals surface area contributed by atoms with Crippen LogP contribution in [0.2, 0.25) is 5.02 Å². The Balaban J connectivity index is 2.24. The van der Waals surface area contributed by atoms with Crippen LogP contribution in [-0.2, 0) is 4.57 Å². The Morgan fingerprint density at radius 1 is 1.41 bits per heavy atom. The van der Waals surface area contributed by atoms with Crippen LogP contribution in [0.5, 0.6) is 0 Å². The van der Waals surface area contributed by atoms with E-state index >= 15 is 0 Å². The maximum absolute atomic E-state index is 12.8. The molecule has 1 saturated heterocycles. The zero-order chi connectivity index (χ0) is 12.2. The van der Waals surface area contributed by atoms with Crippen LogP contribution in [0.15, 0.2) is 18.2 Å². The fourth-order valence-corrected chi connectivity index (χ4v) is 5.48. The van der Waals surface area contributed by atoms with Gasteiger partial charge in [0.15, 0.2) is 0 Å². The number of carbonyl (C=O) groups excluding carboxylic acids is 1. The van der Waals surface area contributed by atoms with Crippen molar-refractivity contribution in [1.29, 1.82) is 0 Å². The first-order valence-corrected chi connectivity index (χ1v) is 7.67. The Morgan fingerprint density at radius 2 is 2.18 bits per heavy atom. The van der Waals surface area contributed by atoms with Crippen molar-refractivity contribution in [2.45, 2.75) is 6.42 Å². The van der Waals surface area contributed by atoms with E-state index in [0.717, 1.165) is 12.1 Å². The van der Waals surface area contributed by atoms with Crippen LogP contribution in [0.4, 0.5) is 5.69 Å². The van der Waals surface area contributed by atoms with E-state index in [1.165, 1.54) is 4.67 Å². The lowest BCUT2D eigenvalue weighted by atomic mass is 10.1. The number of nitrogens with zero attached hydrogens (tertiary/aromatic N) is 2. The van der Waals surface area contributed by atoms with Crippen LogP contribution >= 0.6 is 19.0 Å². The Kier molecular flexibility index (Phi) is 2.29. The van der Waals surface area contributed by atoms with Crippen molar-refractivity contribution in [3.8, 4) is 0 Å². The van der Waals surface area contributed by atoms with Crippen molar-refractivity contribution in [2.24, 2.45) is 0 Å². The van der Waals surface area contributed by atoms with Crippen LogP contribution in [0, 0.1) is 0 Å². The standard InChI is InChI=1S/C11H12ClN2O2P/c1-13-10-4-3-8(12)7-9(10)11(15)14-5-2-6-17(13,14)16/h3-4,7H,2,5-6H2,1H3. The minimum atomic E-state index is -2.69. The molecule has 1 atom stereocenters. The van der Waals surface area contributed by atoms with Gasteiger partial charge in [-0.25, -0.2) is 0 Å². The first kappa shape index (κ1) is 11.1. The summed E-state index contributed by atoms with van der Waals surface area (Å²) in [6.45, 7) is 0.576. The maximum Gasteiger partial charge on any atom is 0.265 e. The van der Waals surface area contributed by atoms with E-state index in [1.54, 1.807) is 29.9 Å². The molecule has 0 aliphatic carbocycles. The number of carbonyl (C=O) groups is 1. The highest BCUT2D eigenvalue weighted by molar-refractivity contribution is 7.64. The smallest absolute Gasteiger partial charge is 0.265 e. The summed E-state index contributed by atoms with van der Waals surface area (Å²) in [6.07, 6.45) is 1.38. The van der Waals surface area contributed by atoms with Crippen LogP contribution in [0.1, 0.15) is 16.8 Å². The lowest BCUT2D eigenvalue weighted by Crippen LogP contribution is -2.37. The summed E-state index contributed by atoms with van der Waals surface area (Å²) in [7, 11) is -0.905. The van der Waals surface area contributed by atoms with Crippen LogP contribution < -0.4 is 4.67 Å². The minimum Gasteiger partial charge on any atom is -0.309 e. The Hall–Kier alpha value is -0.990. The lowest BCUT2D eigenvalue weighted by molar-refractivity contribution is 0.0864. The second-order valence-electron chi connectivity index (χ2n) is 4.36. The normalized spacial score (nSPS) is 27.1. The summed E-state index contributed by atoms with van der Waals surface area (Å²) in [5, 5.41) is 0.529. The van der Waals surface area contributed by atoms with Gasteiger partial charge in [-0.3, -0.25) is 14.0 Å². The number of fused-ring (bicyclic) bond motifs is 2. The molecule has 1 unspecified atom stereocenters. The molecule has 1 aromatic rings. The molecule has 0 N–H and O–H groups in total. The quantitative estimate of drug-likeness (QED) is 0.681. The topological polar surface area (TPSA) is 40.6 Å². The van der Waals surface area contributed by atoms with E-state index in [-0.39, 0.29) is 5.91 Å². The highest BCUT2D eigenvalue weighted by Gasteiger charge is 2.47. The fourth-order valence-electron chi connectivity index (χ4n) is 2.53. The molecule has 6 heteroatoms. The van der Waals surface area contributed by atoms with Gasteiger partial charge >= 0.3 is 0 Å². The Bertz CT molecular complexity index is 560. The van der Waals surface area contributed by atoms with Crippen molar-refractivity contribution in [1.82, 2.24) is 4.67 Å². The molecule has 1 aromatic carbocycles. The second kappa shape index (κ2) is 3.50. The zero-order valence-corrected chi connectivity index (χ0v) is 11.0. The molecule has 2 aliphatic heterocycles. The zero-order valence-electron chi connectivity index (χ0n) is 9.39. The number of hydrogen-bond donors (Lipinski definition) is 0. The number of hydrogen-bond acceptors (Lipinski definition) is 2. The van der Waals surface area contributed by atoms with Gasteiger partial charge in [-0.15, -0.1) is 0 Å². The highest BCUT2D eigenvalue weighted by atomic mass is 35.5. The van der Waals surface area contributed by atoms with E-state index in [1.807, 2.05) is 0 Å². The maximum atomic E-state index is 12.8. The van der Waals surface area contributed by atoms with Crippen LogP contribution in [0.25, 0.3) is 0 Å². The van der Waals surface area contributed by atoms with Gasteiger partial charge in [0, 0.05) is 24.8 Å². The van der Waals surface area contributed by atoms with Crippen molar-refractivity contribution < 1.29 is 9.36 Å². The molecule has 0 bridgehead atoms. The third-order valence-electron chi connectivity index (χ3n) is 3.44. The summed E-state index contributed by atoms with van der Waals surface area (Å²) in [5.41, 5.74) is 1.27. The molecular weight excluding hydrogens is 259 g/mol. The third-order valence-corrected chi connectivity index (χ3v) is 6.86. The number of benzene rings is 1. The molecule has 4 nitrogen and oxygen atoms in total. The largest absolute Gasteiger partial charge is 0.309 e. The SMILES string of the molecule is CN1c2ccc(Cl)cc2C(=O)N2CCCP21=O. The van der Waals surface area contributed by atoms with E-state index in [9.17, 15) is 9.36 Å². The molecule has 2 heterocycles. The van der Waals surface area contributed by atoms with Crippen LogP contribution in [0.3, 0.4) is 0 Å². The van der Waals surface area contributed by atoms with Crippen LogP contribution in [-0.4, -0.2) is 30.3 Å². The molecule has 17 heavy (non-hydrogen) atoms. The summed E-state index contributed by atoms with van der Waals surface area (Å²) in [5.74, 6) is -0.151.